The first-order chi connectivity index (χ1) is 21.5. The van der Waals surface area contributed by atoms with Crippen LogP contribution in [0.1, 0.15) is 50.5 Å². The predicted octanol–water partition coefficient (Wildman–Crippen LogP) is 2.89. The number of nitrogens with one attached hydrogen (secondary N) is 2. The van der Waals surface area contributed by atoms with E-state index in [4.69, 9.17) is 18.9 Å². The molecule has 0 amide bonds. The number of nitrogens with zero attached hydrogens (tertiary/aromatic N) is 8. The molecule has 224 valence electrons. The molecule has 8 rings (SSSR count). The molecule has 0 unspecified atom stereocenters. The summed E-state index contributed by atoms with van der Waals surface area (Å²) in [5, 5.41) is 18.5. The van der Waals surface area contributed by atoms with E-state index < -0.39 is 11.9 Å². The number of H-pyrrole nitrogens is 2. The summed E-state index contributed by atoms with van der Waals surface area (Å²) in [5.41, 5.74) is 3.18. The summed E-state index contributed by atoms with van der Waals surface area (Å²) in [6.07, 6.45) is 7.93. The molecule has 6 aromatic heterocycles. The van der Waals surface area contributed by atoms with Crippen LogP contribution in [-0.2, 0) is 30.7 Å². The normalized spacial score (nSPS) is 14.2. The second-order valence-electron chi connectivity index (χ2n) is 10.1. The molecule has 0 aromatic carbocycles. The fraction of sp³-hybridized carbons (Fsp3) is 0.286. The van der Waals surface area contributed by atoms with Gasteiger partial charge in [-0.05, 0) is 19.1 Å². The maximum atomic E-state index is 12.0. The minimum Gasteiger partial charge on any atom is -0.476 e. The number of ether oxygens (including phenoxy) is 1. The van der Waals surface area contributed by atoms with Gasteiger partial charge in [-0.1, -0.05) is 10.3 Å². The number of aromatic carboxylic acids is 1. The number of carbonyl (C=O) groups excluding carboxylic acids is 1. The van der Waals surface area contributed by atoms with Crippen molar-refractivity contribution in [1.82, 2.24) is 40.2 Å². The number of carboxylic acid groups (broad SMARTS) is 1. The lowest BCUT2D eigenvalue weighted by atomic mass is 10.1. The third-order valence-electron chi connectivity index (χ3n) is 7.59. The van der Waals surface area contributed by atoms with Crippen LogP contribution in [0.4, 0.5) is 11.6 Å². The van der Waals surface area contributed by atoms with Crippen LogP contribution >= 0.6 is 0 Å². The van der Waals surface area contributed by atoms with E-state index in [1.807, 2.05) is 23.2 Å². The predicted molar refractivity (Wildman–Crippen MR) is 153 cm³/mol. The van der Waals surface area contributed by atoms with Crippen LogP contribution in [0.5, 0.6) is 0 Å². The quantitative estimate of drug-likeness (QED) is 0.244. The van der Waals surface area contributed by atoms with E-state index in [0.717, 1.165) is 51.6 Å². The molecular weight excluding hydrogens is 572 g/mol. The molecule has 0 saturated carbocycles. The van der Waals surface area contributed by atoms with Crippen molar-refractivity contribution in [3.63, 3.8) is 0 Å². The zero-order valence-corrected chi connectivity index (χ0v) is 23.5. The first-order valence-corrected chi connectivity index (χ1v) is 13.9. The van der Waals surface area contributed by atoms with Crippen molar-refractivity contribution in [2.24, 2.45) is 0 Å². The Morgan fingerprint density at radius 3 is 1.89 bits per heavy atom. The van der Waals surface area contributed by atoms with Gasteiger partial charge < -0.3 is 38.7 Å². The molecule has 44 heavy (non-hydrogen) atoms. The average Bonchev–Trinajstić information content (AvgIpc) is 3.85. The van der Waals surface area contributed by atoms with Crippen molar-refractivity contribution in [3.8, 4) is 0 Å². The van der Waals surface area contributed by atoms with Gasteiger partial charge in [0.15, 0.2) is 11.4 Å². The number of hydrogen-bond acceptors (Lipinski definition) is 13. The highest BCUT2D eigenvalue weighted by Gasteiger charge is 2.30. The molecule has 2 aliphatic heterocycles. The molecule has 16 nitrogen and oxygen atoms in total. The monoisotopic (exact) mass is 598 g/mol. The van der Waals surface area contributed by atoms with Crippen LogP contribution in [0.25, 0.3) is 22.1 Å². The Labute approximate surface area is 248 Å². The Hall–Kier alpha value is -5.80. The van der Waals surface area contributed by atoms with E-state index in [0.29, 0.717) is 50.4 Å². The first kappa shape index (κ1) is 27.1. The fourth-order valence-corrected chi connectivity index (χ4v) is 5.53. The molecule has 2 aliphatic rings. The number of esters is 1. The Morgan fingerprint density at radius 2 is 1.36 bits per heavy atom. The number of carbonyl (C=O) groups is 2. The minimum absolute atomic E-state index is 0.0194. The van der Waals surface area contributed by atoms with Gasteiger partial charge in [0.25, 0.3) is 0 Å². The van der Waals surface area contributed by atoms with Gasteiger partial charge in [-0.15, -0.1) is 0 Å². The molecule has 0 fully saturated rings. The highest BCUT2D eigenvalue weighted by molar-refractivity contribution is 5.91. The highest BCUT2D eigenvalue weighted by Crippen LogP contribution is 2.31. The van der Waals surface area contributed by atoms with Gasteiger partial charge in [0, 0.05) is 49.5 Å². The van der Waals surface area contributed by atoms with Crippen molar-refractivity contribution in [3.05, 3.63) is 71.2 Å². The Kier molecular flexibility index (Phi) is 6.84. The number of anilines is 2. The summed E-state index contributed by atoms with van der Waals surface area (Å²) in [5.74, 6) is 1.47. The van der Waals surface area contributed by atoms with Crippen LogP contribution in [0, 0.1) is 0 Å². The van der Waals surface area contributed by atoms with Gasteiger partial charge in [-0.2, -0.15) is 0 Å². The molecule has 0 bridgehead atoms. The third-order valence-corrected chi connectivity index (χ3v) is 7.59. The SMILES string of the molecule is CCOC(=O)c1noc2c1CN(c1ncnc3[nH]ccc13)CC2.O=C(O)c1noc2c1CN(c1ncnc3[nH]ccc13)CC2. The molecule has 16 heteroatoms. The lowest BCUT2D eigenvalue weighted by Gasteiger charge is -2.27. The van der Waals surface area contributed by atoms with Gasteiger partial charge in [-0.25, -0.2) is 29.5 Å². The van der Waals surface area contributed by atoms with E-state index in [-0.39, 0.29) is 11.4 Å². The van der Waals surface area contributed by atoms with Gasteiger partial charge >= 0.3 is 11.9 Å². The molecule has 3 N–H and O–H groups in total. The summed E-state index contributed by atoms with van der Waals surface area (Å²) in [6.45, 7) is 4.42. The van der Waals surface area contributed by atoms with Crippen LogP contribution in [0.15, 0.2) is 46.2 Å². The summed E-state index contributed by atoms with van der Waals surface area (Å²) in [7, 11) is 0. The molecule has 0 atom stereocenters. The zero-order chi connectivity index (χ0) is 30.2. The Morgan fingerprint density at radius 1 is 0.841 bits per heavy atom. The Balaban J connectivity index is 0.000000143. The van der Waals surface area contributed by atoms with E-state index >= 15 is 0 Å². The Bertz CT molecular complexity index is 1990. The van der Waals surface area contributed by atoms with Crippen molar-refractivity contribution in [2.75, 3.05) is 29.5 Å². The first-order valence-electron chi connectivity index (χ1n) is 13.9. The summed E-state index contributed by atoms with van der Waals surface area (Å²) < 4.78 is 15.4. The average molecular weight is 599 g/mol. The van der Waals surface area contributed by atoms with Crippen LogP contribution in [0.2, 0.25) is 0 Å². The number of fused-ring (bicyclic) bond motifs is 4. The second kappa shape index (κ2) is 11.1. The maximum Gasteiger partial charge on any atom is 0.360 e. The smallest absolute Gasteiger partial charge is 0.360 e. The summed E-state index contributed by atoms with van der Waals surface area (Å²) in [6, 6.07) is 3.85. The van der Waals surface area contributed by atoms with Gasteiger partial charge in [0.2, 0.25) is 0 Å². The molecule has 0 radical (unpaired) electrons. The lowest BCUT2D eigenvalue weighted by molar-refractivity contribution is 0.0513. The van der Waals surface area contributed by atoms with Crippen molar-refractivity contribution >= 4 is 45.6 Å². The van der Waals surface area contributed by atoms with E-state index in [9.17, 15) is 9.59 Å². The third kappa shape index (κ3) is 4.75. The fourth-order valence-electron chi connectivity index (χ4n) is 5.53. The molecule has 6 aromatic rings. The molecule has 0 saturated heterocycles. The minimum atomic E-state index is -1.07. The van der Waals surface area contributed by atoms with Crippen LogP contribution < -0.4 is 9.80 Å². The van der Waals surface area contributed by atoms with Crippen LogP contribution in [-0.4, -0.2) is 77.0 Å². The number of hydrogen-bond donors (Lipinski definition) is 3. The highest BCUT2D eigenvalue weighted by atomic mass is 16.5. The number of aromatic nitrogens is 8. The van der Waals surface area contributed by atoms with Gasteiger partial charge in [-0.3, -0.25) is 0 Å². The summed E-state index contributed by atoms with van der Waals surface area (Å²) in [4.78, 5) is 50.5. The van der Waals surface area contributed by atoms with Crippen molar-refractivity contribution in [1.29, 1.82) is 0 Å². The van der Waals surface area contributed by atoms with E-state index in [1.54, 1.807) is 13.1 Å². The lowest BCUT2D eigenvalue weighted by Crippen LogP contribution is -2.31. The van der Waals surface area contributed by atoms with Crippen LogP contribution in [0.3, 0.4) is 0 Å². The molecule has 0 spiro atoms. The molecular formula is C28H26N10O6. The van der Waals surface area contributed by atoms with Gasteiger partial charge in [0.05, 0.1) is 30.5 Å². The van der Waals surface area contributed by atoms with E-state index in [2.05, 4.69) is 45.1 Å². The topological polar surface area (TPSA) is 205 Å². The van der Waals surface area contributed by atoms with Crippen molar-refractivity contribution in [2.45, 2.75) is 32.9 Å². The number of aromatic amines is 2. The maximum absolute atomic E-state index is 12.0. The molecule has 0 aliphatic carbocycles. The molecule has 8 heterocycles. The largest absolute Gasteiger partial charge is 0.476 e. The standard InChI is InChI=1S/C15H15N5O3.C13H11N5O3/c1-2-22-15(21)12-10-7-20(6-4-11(10)23-19-12)14-9-3-5-16-13(9)17-8-18-14;19-13(20)10-8-5-18(4-2-9(8)21-17-10)12-7-1-3-14-11(7)15-6-16-12/h3,5,8H,2,4,6-7H2,1H3,(H,16,17,18);1,3,6H,2,4-5H2,(H,19,20)(H,14,15,16). The second-order valence-corrected chi connectivity index (χ2v) is 10.1. The van der Waals surface area contributed by atoms with Crippen molar-refractivity contribution < 1.29 is 28.5 Å². The van der Waals surface area contributed by atoms with E-state index in [1.165, 1.54) is 12.7 Å². The van der Waals surface area contributed by atoms with Gasteiger partial charge in [0.1, 0.15) is 47.1 Å². The number of carboxylic acids is 1. The number of rotatable bonds is 5. The summed E-state index contributed by atoms with van der Waals surface area (Å²) >= 11 is 0. The zero-order valence-electron chi connectivity index (χ0n) is 23.5.